The van der Waals surface area contributed by atoms with Crippen molar-refractivity contribution in [2.75, 3.05) is 0 Å². The van der Waals surface area contributed by atoms with Crippen LogP contribution in [-0.4, -0.2) is 28.7 Å². The van der Waals surface area contributed by atoms with Crippen molar-refractivity contribution in [3.63, 3.8) is 0 Å². The maximum absolute atomic E-state index is 13.6. The number of halogens is 1. The Bertz CT molecular complexity index is 1220. The minimum Gasteiger partial charge on any atom is -0.326 e. The number of pyridine rings is 2. The van der Waals surface area contributed by atoms with E-state index in [-0.39, 0.29) is 30.0 Å². The Morgan fingerprint density at radius 1 is 1.26 bits per heavy atom. The highest BCUT2D eigenvalue weighted by Crippen LogP contribution is 2.41. The molecular formula is C22H26ClN3O3S2. The van der Waals surface area contributed by atoms with Gasteiger partial charge in [0.25, 0.3) is 15.6 Å². The molecule has 0 saturated heterocycles. The second-order valence-electron chi connectivity index (χ2n) is 7.63. The average Bonchev–Trinajstić information content (AvgIpc) is 3.42. The molecule has 31 heavy (non-hydrogen) atoms. The zero-order valence-electron chi connectivity index (χ0n) is 17.7. The highest BCUT2D eigenvalue weighted by Gasteiger charge is 2.42. The van der Waals surface area contributed by atoms with Crippen molar-refractivity contribution in [1.29, 1.82) is 0 Å². The lowest BCUT2D eigenvalue weighted by molar-refractivity contribution is 0.329. The fraction of sp³-hybridized carbons (Fsp3) is 0.364. The molecule has 0 aromatic carbocycles. The topological polar surface area (TPSA) is 83.1 Å². The van der Waals surface area contributed by atoms with Gasteiger partial charge in [0.05, 0.1) is 11.7 Å². The normalized spacial score (nSPS) is 15.0. The third-order valence-corrected chi connectivity index (χ3v) is 9.09. The Balaban J connectivity index is 0.00000272. The largest absolute Gasteiger partial charge is 0.326 e. The molecule has 9 heteroatoms. The quantitative estimate of drug-likeness (QED) is 0.532. The van der Waals surface area contributed by atoms with Crippen molar-refractivity contribution < 1.29 is 8.42 Å². The Labute approximate surface area is 192 Å². The summed E-state index contributed by atoms with van der Waals surface area (Å²) in [5, 5.41) is 0. The summed E-state index contributed by atoms with van der Waals surface area (Å²) in [4.78, 5) is 20.1. The molecule has 1 aliphatic carbocycles. The molecule has 3 aromatic rings. The van der Waals surface area contributed by atoms with Crippen molar-refractivity contribution in [3.8, 4) is 10.4 Å². The van der Waals surface area contributed by atoms with Gasteiger partial charge in [-0.2, -0.15) is 4.31 Å². The summed E-state index contributed by atoms with van der Waals surface area (Å²) in [5.41, 5.74) is 2.95. The first-order chi connectivity index (χ1) is 14.3. The van der Waals surface area contributed by atoms with Gasteiger partial charge in [0.1, 0.15) is 4.21 Å². The van der Waals surface area contributed by atoms with Crippen LogP contribution in [0.1, 0.15) is 49.7 Å². The van der Waals surface area contributed by atoms with Crippen LogP contribution < -0.4 is 5.56 Å². The standard InChI is InChI=1S/C22H25N3O3S2.ClH/c1-4-16-13-18(14(2)24-22(16)26)20-10-11-21(29-20)30(27,28)25(17-8-9-17)15(3)19-7-5-6-12-23-19;/h5-7,10-13,15,17H,4,8-9H2,1-3H3,(H,24,26);1H. The van der Waals surface area contributed by atoms with Gasteiger partial charge in [-0.25, -0.2) is 8.42 Å². The fourth-order valence-corrected chi connectivity index (χ4v) is 7.03. The summed E-state index contributed by atoms with van der Waals surface area (Å²) >= 11 is 1.25. The van der Waals surface area contributed by atoms with Crippen LogP contribution in [0.15, 0.2) is 51.6 Å². The number of H-pyrrole nitrogens is 1. The maximum Gasteiger partial charge on any atom is 0.253 e. The van der Waals surface area contributed by atoms with Crippen molar-refractivity contribution in [2.24, 2.45) is 0 Å². The van der Waals surface area contributed by atoms with Crippen LogP contribution in [0.25, 0.3) is 10.4 Å². The molecule has 1 saturated carbocycles. The number of hydrogen-bond donors (Lipinski definition) is 1. The van der Waals surface area contributed by atoms with Crippen LogP contribution in [0.4, 0.5) is 0 Å². The summed E-state index contributed by atoms with van der Waals surface area (Å²) < 4.78 is 29.1. The molecule has 1 fully saturated rings. The first-order valence-corrected chi connectivity index (χ1v) is 12.4. The Kier molecular flexibility index (Phi) is 7.05. The minimum absolute atomic E-state index is 0. The van der Waals surface area contributed by atoms with E-state index in [9.17, 15) is 13.2 Å². The Morgan fingerprint density at radius 3 is 2.61 bits per heavy atom. The number of aromatic nitrogens is 2. The first-order valence-electron chi connectivity index (χ1n) is 10.1. The monoisotopic (exact) mass is 479 g/mol. The molecular weight excluding hydrogens is 454 g/mol. The second kappa shape index (κ2) is 9.24. The summed E-state index contributed by atoms with van der Waals surface area (Å²) in [6.45, 7) is 5.66. The van der Waals surface area contributed by atoms with E-state index in [1.807, 2.05) is 51.1 Å². The molecule has 0 aliphatic heterocycles. The fourth-order valence-electron chi connectivity index (χ4n) is 3.70. The number of rotatable bonds is 7. The van der Waals surface area contributed by atoms with Crippen molar-refractivity contribution in [1.82, 2.24) is 14.3 Å². The van der Waals surface area contributed by atoms with E-state index >= 15 is 0 Å². The summed E-state index contributed by atoms with van der Waals surface area (Å²) in [6, 6.07) is 10.6. The minimum atomic E-state index is -3.67. The second-order valence-corrected chi connectivity index (χ2v) is 10.8. The van der Waals surface area contributed by atoms with Crippen LogP contribution >= 0.6 is 23.7 Å². The predicted octanol–water partition coefficient (Wildman–Crippen LogP) is 4.71. The van der Waals surface area contributed by atoms with E-state index in [1.165, 1.54) is 11.3 Å². The molecule has 3 aromatic heterocycles. The molecule has 1 unspecified atom stereocenters. The summed E-state index contributed by atoms with van der Waals surface area (Å²) in [7, 11) is -3.67. The van der Waals surface area contributed by atoms with Gasteiger partial charge in [-0.05, 0) is 63.4 Å². The smallest absolute Gasteiger partial charge is 0.253 e. The molecule has 1 aliphatic rings. The third-order valence-electron chi connectivity index (χ3n) is 5.48. The molecule has 0 spiro atoms. The number of aryl methyl sites for hydroxylation is 2. The number of aromatic amines is 1. The first kappa shape index (κ1) is 23.7. The number of sulfonamides is 1. The van der Waals surface area contributed by atoms with Crippen LogP contribution in [-0.2, 0) is 16.4 Å². The predicted molar refractivity (Wildman–Crippen MR) is 126 cm³/mol. The molecule has 0 amide bonds. The van der Waals surface area contributed by atoms with E-state index in [4.69, 9.17) is 0 Å². The van der Waals surface area contributed by atoms with E-state index in [0.717, 1.165) is 34.7 Å². The van der Waals surface area contributed by atoms with Gasteiger partial charge in [-0.3, -0.25) is 9.78 Å². The molecule has 166 valence electrons. The molecule has 1 atom stereocenters. The van der Waals surface area contributed by atoms with Gasteiger partial charge >= 0.3 is 0 Å². The van der Waals surface area contributed by atoms with E-state index in [0.29, 0.717) is 16.2 Å². The molecule has 6 nitrogen and oxygen atoms in total. The molecule has 4 rings (SSSR count). The lowest BCUT2D eigenvalue weighted by Gasteiger charge is -2.27. The van der Waals surface area contributed by atoms with E-state index < -0.39 is 10.0 Å². The Morgan fingerprint density at radius 2 is 2.00 bits per heavy atom. The van der Waals surface area contributed by atoms with Gasteiger partial charge in [-0.1, -0.05) is 13.0 Å². The number of thiophene rings is 1. The molecule has 1 N–H and O–H groups in total. The Hall–Kier alpha value is -2.00. The summed E-state index contributed by atoms with van der Waals surface area (Å²) in [6.07, 6.45) is 4.05. The summed E-state index contributed by atoms with van der Waals surface area (Å²) in [5.74, 6) is 0. The zero-order valence-corrected chi connectivity index (χ0v) is 20.1. The number of hydrogen-bond acceptors (Lipinski definition) is 5. The highest BCUT2D eigenvalue weighted by atomic mass is 35.5. The molecule has 3 heterocycles. The van der Waals surface area contributed by atoms with Crippen molar-refractivity contribution >= 4 is 33.8 Å². The number of nitrogens with zero attached hydrogens (tertiary/aromatic N) is 2. The molecule has 0 bridgehead atoms. The lowest BCUT2D eigenvalue weighted by atomic mass is 10.1. The van der Waals surface area contributed by atoms with Crippen LogP contribution in [0.3, 0.4) is 0 Å². The van der Waals surface area contributed by atoms with Gasteiger partial charge < -0.3 is 4.98 Å². The van der Waals surface area contributed by atoms with Crippen LogP contribution in [0, 0.1) is 6.92 Å². The van der Waals surface area contributed by atoms with Gasteiger partial charge in [0.15, 0.2) is 0 Å². The number of nitrogens with one attached hydrogen (secondary N) is 1. The molecule has 0 radical (unpaired) electrons. The van der Waals surface area contributed by atoms with Gasteiger partial charge in [0.2, 0.25) is 0 Å². The lowest BCUT2D eigenvalue weighted by Crippen LogP contribution is -2.35. The van der Waals surface area contributed by atoms with E-state index in [2.05, 4.69) is 9.97 Å². The average molecular weight is 480 g/mol. The highest BCUT2D eigenvalue weighted by molar-refractivity contribution is 7.91. The SMILES string of the molecule is CCc1cc(-c2ccc(S(=O)(=O)N(C3CC3)C(C)c3ccccn3)s2)c(C)[nH]c1=O.Cl. The zero-order chi connectivity index (χ0) is 21.5. The maximum atomic E-state index is 13.6. The van der Waals surface area contributed by atoms with Gasteiger partial charge in [0, 0.05) is 33.9 Å². The van der Waals surface area contributed by atoms with Gasteiger partial charge in [-0.15, -0.1) is 23.7 Å². The third kappa shape index (κ3) is 4.62. The van der Waals surface area contributed by atoms with Crippen molar-refractivity contribution in [2.45, 2.75) is 56.3 Å². The van der Waals surface area contributed by atoms with E-state index in [1.54, 1.807) is 16.6 Å². The van der Waals surface area contributed by atoms with Crippen LogP contribution in [0.5, 0.6) is 0 Å². The van der Waals surface area contributed by atoms with Crippen LogP contribution in [0.2, 0.25) is 0 Å². The van der Waals surface area contributed by atoms with Crippen molar-refractivity contribution in [3.05, 3.63) is 69.9 Å².